The Morgan fingerprint density at radius 3 is 2.65 bits per heavy atom. The largest absolute Gasteiger partial charge is 0.504 e. The van der Waals surface area contributed by atoms with Crippen molar-refractivity contribution < 1.29 is 14.6 Å². The fraction of sp³-hybridized carbons (Fsp3) is 0.280. The molecule has 5 nitrogen and oxygen atoms in total. The number of benzene rings is 2. The van der Waals surface area contributed by atoms with E-state index in [1.54, 1.807) is 35.8 Å². The molecular formula is C25H26N2O3S. The van der Waals surface area contributed by atoms with Gasteiger partial charge in [-0.25, -0.2) is 4.99 Å². The van der Waals surface area contributed by atoms with E-state index in [0.29, 0.717) is 11.3 Å². The van der Waals surface area contributed by atoms with Crippen LogP contribution in [0.3, 0.4) is 0 Å². The summed E-state index contributed by atoms with van der Waals surface area (Å²) in [6.07, 6.45) is 8.29. The standard InChI is InChI=1S/C25H26N2O3S/c1-30-21-15-17(13-14-20(21)28)16-26-25-23(24(29)27-18-9-5-4-6-10-18)19-11-7-2-3-8-12-22(19)31-25/h4-6,9-10,13-16,28H,2-3,7-8,11-12H2,1H3,(H,27,29). The molecule has 0 atom stereocenters. The second kappa shape index (κ2) is 9.79. The molecule has 0 saturated carbocycles. The molecule has 0 saturated heterocycles. The minimum Gasteiger partial charge on any atom is -0.504 e. The molecule has 4 rings (SSSR count). The Bertz CT molecular complexity index is 1090. The van der Waals surface area contributed by atoms with E-state index in [9.17, 15) is 9.90 Å². The summed E-state index contributed by atoms with van der Waals surface area (Å²) in [5.74, 6) is 0.366. The number of carbonyl (C=O) groups excluding carboxylic acids is 1. The van der Waals surface area contributed by atoms with Crippen LogP contribution in [0.2, 0.25) is 0 Å². The van der Waals surface area contributed by atoms with E-state index in [1.807, 2.05) is 30.3 Å². The highest BCUT2D eigenvalue weighted by atomic mass is 32.1. The number of aryl methyl sites for hydroxylation is 1. The smallest absolute Gasteiger partial charge is 0.259 e. The van der Waals surface area contributed by atoms with Gasteiger partial charge < -0.3 is 15.2 Å². The third-order valence-corrected chi connectivity index (χ3v) is 6.65. The molecular weight excluding hydrogens is 408 g/mol. The highest BCUT2D eigenvalue weighted by Gasteiger charge is 2.24. The molecule has 1 amide bonds. The molecule has 1 aliphatic rings. The van der Waals surface area contributed by atoms with Gasteiger partial charge in [0, 0.05) is 16.8 Å². The number of aromatic hydroxyl groups is 1. The number of thiophene rings is 1. The van der Waals surface area contributed by atoms with E-state index in [1.165, 1.54) is 24.8 Å². The SMILES string of the molecule is COc1cc(C=Nc2sc3c(c2C(=O)Nc2ccccc2)CCCCCC3)ccc1O. The lowest BCUT2D eigenvalue weighted by Crippen LogP contribution is -2.14. The van der Waals surface area contributed by atoms with Crippen LogP contribution in [0, 0.1) is 0 Å². The minimum absolute atomic E-state index is 0.0849. The summed E-state index contributed by atoms with van der Waals surface area (Å²) in [6, 6.07) is 14.6. The number of hydrogen-bond donors (Lipinski definition) is 2. The van der Waals surface area contributed by atoms with Crippen LogP contribution in [0.25, 0.3) is 0 Å². The number of para-hydroxylation sites is 1. The van der Waals surface area contributed by atoms with Crippen LogP contribution < -0.4 is 10.1 Å². The van der Waals surface area contributed by atoms with Gasteiger partial charge in [-0.05, 0) is 67.1 Å². The molecule has 2 N–H and O–H groups in total. The second-order valence-corrected chi connectivity index (χ2v) is 8.69. The first-order chi connectivity index (χ1) is 15.2. The lowest BCUT2D eigenvalue weighted by Gasteiger charge is -2.12. The molecule has 1 aliphatic carbocycles. The van der Waals surface area contributed by atoms with E-state index >= 15 is 0 Å². The average Bonchev–Trinajstić information content (AvgIpc) is 3.10. The molecule has 0 aliphatic heterocycles. The third-order valence-electron chi connectivity index (χ3n) is 5.45. The number of hydrogen-bond acceptors (Lipinski definition) is 5. The average molecular weight is 435 g/mol. The van der Waals surface area contributed by atoms with Crippen LogP contribution in [-0.2, 0) is 12.8 Å². The Kier molecular flexibility index (Phi) is 6.67. The number of fused-ring (bicyclic) bond motifs is 1. The molecule has 0 unspecified atom stereocenters. The first-order valence-corrected chi connectivity index (χ1v) is 11.4. The van der Waals surface area contributed by atoms with E-state index in [4.69, 9.17) is 9.73 Å². The maximum absolute atomic E-state index is 13.3. The molecule has 0 bridgehead atoms. The van der Waals surface area contributed by atoms with Gasteiger partial charge in [-0.3, -0.25) is 4.79 Å². The number of phenolic OH excluding ortho intramolecular Hbond substituents is 1. The number of aliphatic imine (C=N–C) groups is 1. The number of phenols is 1. The van der Waals surface area contributed by atoms with Crippen molar-refractivity contribution in [1.82, 2.24) is 0 Å². The third kappa shape index (κ3) is 4.97. The van der Waals surface area contributed by atoms with Crippen LogP contribution in [-0.4, -0.2) is 24.3 Å². The molecule has 0 spiro atoms. The van der Waals surface area contributed by atoms with Gasteiger partial charge in [0.2, 0.25) is 0 Å². The highest BCUT2D eigenvalue weighted by Crippen LogP contribution is 2.39. The van der Waals surface area contributed by atoms with Crippen molar-refractivity contribution in [2.45, 2.75) is 38.5 Å². The predicted molar refractivity (Wildman–Crippen MR) is 127 cm³/mol. The Labute approximate surface area is 186 Å². The Morgan fingerprint density at radius 2 is 1.87 bits per heavy atom. The van der Waals surface area contributed by atoms with Crippen molar-refractivity contribution in [3.05, 3.63) is 70.1 Å². The highest BCUT2D eigenvalue weighted by molar-refractivity contribution is 7.16. The summed E-state index contributed by atoms with van der Waals surface area (Å²) in [7, 11) is 1.52. The van der Waals surface area contributed by atoms with Gasteiger partial charge in [0.1, 0.15) is 5.00 Å². The van der Waals surface area contributed by atoms with E-state index in [0.717, 1.165) is 47.5 Å². The summed E-state index contributed by atoms with van der Waals surface area (Å²) in [6.45, 7) is 0. The van der Waals surface area contributed by atoms with Crippen molar-refractivity contribution in [3.63, 3.8) is 0 Å². The number of ether oxygens (including phenoxy) is 1. The molecule has 31 heavy (non-hydrogen) atoms. The molecule has 1 aromatic heterocycles. The van der Waals surface area contributed by atoms with Crippen molar-refractivity contribution >= 4 is 34.1 Å². The monoisotopic (exact) mass is 434 g/mol. The maximum atomic E-state index is 13.3. The fourth-order valence-corrected chi connectivity index (χ4v) is 5.08. The Hall–Kier alpha value is -3.12. The fourth-order valence-electron chi connectivity index (χ4n) is 3.85. The van der Waals surface area contributed by atoms with E-state index in [-0.39, 0.29) is 11.7 Å². The normalized spacial score (nSPS) is 14.0. The Balaban J connectivity index is 1.70. The maximum Gasteiger partial charge on any atom is 0.259 e. The van der Waals surface area contributed by atoms with E-state index < -0.39 is 0 Å². The minimum atomic E-state index is -0.111. The van der Waals surface area contributed by atoms with Gasteiger partial charge >= 0.3 is 0 Å². The molecule has 3 aromatic rings. The zero-order valence-electron chi connectivity index (χ0n) is 17.6. The topological polar surface area (TPSA) is 70.9 Å². The lowest BCUT2D eigenvalue weighted by molar-refractivity contribution is 0.102. The van der Waals surface area contributed by atoms with Gasteiger partial charge in [0.25, 0.3) is 5.91 Å². The van der Waals surface area contributed by atoms with Gasteiger partial charge in [-0.2, -0.15) is 0 Å². The zero-order chi connectivity index (χ0) is 21.6. The van der Waals surface area contributed by atoms with Crippen LogP contribution in [0.15, 0.2) is 53.5 Å². The molecule has 2 aromatic carbocycles. The molecule has 0 fully saturated rings. The number of carbonyl (C=O) groups is 1. The van der Waals surface area contributed by atoms with E-state index in [2.05, 4.69) is 5.32 Å². The number of rotatable bonds is 5. The summed E-state index contributed by atoms with van der Waals surface area (Å²) in [4.78, 5) is 19.3. The first kappa shape index (κ1) is 21.1. The Morgan fingerprint density at radius 1 is 1.10 bits per heavy atom. The molecule has 6 heteroatoms. The summed E-state index contributed by atoms with van der Waals surface area (Å²) < 4.78 is 5.19. The zero-order valence-corrected chi connectivity index (χ0v) is 18.4. The van der Waals surface area contributed by atoms with Crippen LogP contribution in [0.5, 0.6) is 11.5 Å². The lowest BCUT2D eigenvalue weighted by atomic mass is 9.96. The van der Waals surface area contributed by atoms with Crippen LogP contribution >= 0.6 is 11.3 Å². The predicted octanol–water partition coefficient (Wildman–Crippen LogP) is 6.12. The summed E-state index contributed by atoms with van der Waals surface area (Å²) in [5, 5.41) is 13.6. The van der Waals surface area contributed by atoms with Crippen molar-refractivity contribution in [1.29, 1.82) is 0 Å². The second-order valence-electron chi connectivity index (χ2n) is 7.61. The number of amides is 1. The van der Waals surface area contributed by atoms with Crippen molar-refractivity contribution in [2.75, 3.05) is 12.4 Å². The van der Waals surface area contributed by atoms with Crippen LogP contribution in [0.1, 0.15) is 52.0 Å². The van der Waals surface area contributed by atoms with Crippen LogP contribution in [0.4, 0.5) is 10.7 Å². The quantitative estimate of drug-likeness (QED) is 0.475. The van der Waals surface area contributed by atoms with Gasteiger partial charge in [0.15, 0.2) is 11.5 Å². The van der Waals surface area contributed by atoms with Gasteiger partial charge in [-0.1, -0.05) is 31.0 Å². The molecule has 0 radical (unpaired) electrons. The van der Waals surface area contributed by atoms with Gasteiger partial charge in [-0.15, -0.1) is 11.3 Å². The molecule has 1 heterocycles. The van der Waals surface area contributed by atoms with Crippen molar-refractivity contribution in [3.8, 4) is 11.5 Å². The summed E-state index contributed by atoms with van der Waals surface area (Å²) in [5.41, 5.74) is 3.41. The number of methoxy groups -OCH3 is 1. The number of nitrogens with zero attached hydrogens (tertiary/aromatic N) is 1. The van der Waals surface area contributed by atoms with Crippen molar-refractivity contribution in [2.24, 2.45) is 4.99 Å². The van der Waals surface area contributed by atoms with Gasteiger partial charge in [0.05, 0.1) is 12.7 Å². The first-order valence-electron chi connectivity index (χ1n) is 10.6. The number of nitrogens with one attached hydrogen (secondary N) is 1. The summed E-state index contributed by atoms with van der Waals surface area (Å²) >= 11 is 1.62. The molecule has 160 valence electrons. The number of anilines is 1.